The molecule has 0 heterocycles. The van der Waals surface area contributed by atoms with Crippen LogP contribution in [0.15, 0.2) is 79.1 Å². The second-order valence-electron chi connectivity index (χ2n) is 9.52. The Morgan fingerprint density at radius 1 is 0.933 bits per heavy atom. The summed E-state index contributed by atoms with van der Waals surface area (Å²) in [6.45, 7) is 18.6. The number of hydrogen-bond acceptors (Lipinski definition) is 2. The first kappa shape index (κ1) is 23.4. The van der Waals surface area contributed by atoms with E-state index in [2.05, 4.69) is 66.3 Å². The molecule has 158 valence electrons. The molecule has 2 aromatic carbocycles. The van der Waals surface area contributed by atoms with Crippen molar-refractivity contribution in [2.24, 2.45) is 0 Å². The molecule has 0 aliphatic carbocycles. The summed E-state index contributed by atoms with van der Waals surface area (Å²) in [5.41, 5.74) is 3.49. The first-order valence-electron chi connectivity index (χ1n) is 10.4. The summed E-state index contributed by atoms with van der Waals surface area (Å²) in [5, 5.41) is 0. The minimum atomic E-state index is -0.124. The van der Waals surface area contributed by atoms with Crippen molar-refractivity contribution in [2.45, 2.75) is 59.3 Å². The molecule has 0 saturated carbocycles. The van der Waals surface area contributed by atoms with Crippen molar-refractivity contribution in [2.75, 3.05) is 0 Å². The summed E-state index contributed by atoms with van der Waals surface area (Å²) in [6.07, 6.45) is 7.26. The highest BCUT2D eigenvalue weighted by Gasteiger charge is 2.25. The number of carbonyl (C=O) groups excluding carboxylic acids is 1. The van der Waals surface area contributed by atoms with Gasteiger partial charge in [-0.25, -0.2) is 0 Å². The van der Waals surface area contributed by atoms with E-state index in [1.165, 1.54) is 0 Å². The van der Waals surface area contributed by atoms with Gasteiger partial charge in [0.15, 0.2) is 5.78 Å². The van der Waals surface area contributed by atoms with Gasteiger partial charge in [-0.15, -0.1) is 0 Å². The van der Waals surface area contributed by atoms with Gasteiger partial charge in [-0.1, -0.05) is 72.4 Å². The van der Waals surface area contributed by atoms with Gasteiger partial charge in [0, 0.05) is 11.1 Å². The molecular weight excluding hydrogens is 368 g/mol. The number of ether oxygens (including phenoxy) is 1. The molecule has 0 fully saturated rings. The fourth-order valence-corrected chi connectivity index (χ4v) is 3.22. The molecule has 2 rings (SSSR count). The molecule has 0 aliphatic heterocycles. The minimum Gasteiger partial charge on any atom is -0.457 e. The van der Waals surface area contributed by atoms with E-state index in [0.29, 0.717) is 17.1 Å². The topological polar surface area (TPSA) is 26.3 Å². The molecule has 0 atom stereocenters. The van der Waals surface area contributed by atoms with Gasteiger partial charge in [-0.3, -0.25) is 4.79 Å². The Balaban J connectivity index is 2.42. The molecule has 0 N–H and O–H groups in total. The summed E-state index contributed by atoms with van der Waals surface area (Å²) in [7, 11) is 0. The Kier molecular flexibility index (Phi) is 7.25. The maximum Gasteiger partial charge on any atom is 0.193 e. The lowest BCUT2D eigenvalue weighted by molar-refractivity contribution is 0.103. The Hall–Kier alpha value is -2.87. The van der Waals surface area contributed by atoms with Crippen LogP contribution in [-0.4, -0.2) is 5.78 Å². The molecule has 0 bridgehead atoms. The quantitative estimate of drug-likeness (QED) is 0.283. The second-order valence-corrected chi connectivity index (χ2v) is 9.52. The molecule has 2 aromatic rings. The molecule has 2 heteroatoms. The van der Waals surface area contributed by atoms with Crippen LogP contribution < -0.4 is 4.74 Å². The number of ketones is 1. The maximum atomic E-state index is 13.5. The number of allylic oxidation sites excluding steroid dienone is 4. The van der Waals surface area contributed by atoms with E-state index in [-0.39, 0.29) is 16.6 Å². The third kappa shape index (κ3) is 5.82. The van der Waals surface area contributed by atoms with Crippen molar-refractivity contribution in [3.05, 3.63) is 101 Å². The van der Waals surface area contributed by atoms with E-state index in [1.807, 2.05) is 43.3 Å². The van der Waals surface area contributed by atoms with Crippen molar-refractivity contribution in [1.82, 2.24) is 0 Å². The van der Waals surface area contributed by atoms with Crippen LogP contribution in [-0.2, 0) is 10.8 Å². The monoisotopic (exact) mass is 402 g/mol. The SMILES string of the molecule is C=CC=C(C=CC)Oc1ccc(C(=O)c2cc(C(C)(C)C)ccc2C(C)(C)C)cc1. The van der Waals surface area contributed by atoms with E-state index >= 15 is 0 Å². The third-order valence-electron chi connectivity index (χ3n) is 4.90. The molecule has 0 aromatic heterocycles. The van der Waals surface area contributed by atoms with Crippen molar-refractivity contribution in [3.8, 4) is 5.75 Å². The van der Waals surface area contributed by atoms with Gasteiger partial charge in [0.25, 0.3) is 0 Å². The Morgan fingerprint density at radius 2 is 1.57 bits per heavy atom. The number of hydrogen-bond donors (Lipinski definition) is 0. The molecule has 0 amide bonds. The van der Waals surface area contributed by atoms with Gasteiger partial charge < -0.3 is 4.74 Å². The lowest BCUT2D eigenvalue weighted by Crippen LogP contribution is -2.20. The molecule has 0 radical (unpaired) electrons. The van der Waals surface area contributed by atoms with E-state index in [0.717, 1.165) is 16.7 Å². The average Bonchev–Trinajstić information content (AvgIpc) is 2.66. The molecule has 0 spiro atoms. The average molecular weight is 403 g/mol. The summed E-state index contributed by atoms with van der Waals surface area (Å²) in [6, 6.07) is 13.6. The maximum absolute atomic E-state index is 13.5. The van der Waals surface area contributed by atoms with Crippen LogP contribution in [0.2, 0.25) is 0 Å². The van der Waals surface area contributed by atoms with Gasteiger partial charge in [0.05, 0.1) is 0 Å². The van der Waals surface area contributed by atoms with Crippen LogP contribution in [0, 0.1) is 0 Å². The highest BCUT2D eigenvalue weighted by molar-refractivity contribution is 6.10. The third-order valence-corrected chi connectivity index (χ3v) is 4.90. The standard InChI is InChI=1S/C28H34O2/c1-9-11-22(12-10-2)30-23-16-13-20(14-17-23)26(29)24-19-21(27(3,4)5)15-18-25(24)28(6,7)8/h9-19H,1H2,2-8H3. The van der Waals surface area contributed by atoms with Crippen LogP contribution in [0.3, 0.4) is 0 Å². The zero-order valence-electron chi connectivity index (χ0n) is 19.4. The normalized spacial score (nSPS) is 12.8. The molecule has 0 unspecified atom stereocenters. The van der Waals surface area contributed by atoms with E-state index in [4.69, 9.17) is 4.74 Å². The second kappa shape index (κ2) is 9.30. The van der Waals surface area contributed by atoms with Crippen molar-refractivity contribution >= 4 is 5.78 Å². The Morgan fingerprint density at radius 3 is 2.07 bits per heavy atom. The zero-order valence-corrected chi connectivity index (χ0v) is 19.4. The Labute approximate surface area is 182 Å². The number of rotatable bonds is 6. The van der Waals surface area contributed by atoms with Crippen LogP contribution >= 0.6 is 0 Å². The van der Waals surface area contributed by atoms with Gasteiger partial charge in [0.1, 0.15) is 11.5 Å². The zero-order chi connectivity index (χ0) is 22.5. The number of carbonyl (C=O) groups is 1. The predicted octanol–water partition coefficient (Wildman–Crippen LogP) is 7.54. The van der Waals surface area contributed by atoms with Crippen molar-refractivity contribution in [3.63, 3.8) is 0 Å². The summed E-state index contributed by atoms with van der Waals surface area (Å²) in [4.78, 5) is 13.5. The lowest BCUT2D eigenvalue weighted by atomic mass is 9.78. The molecule has 30 heavy (non-hydrogen) atoms. The summed E-state index contributed by atoms with van der Waals surface area (Å²) >= 11 is 0. The van der Waals surface area contributed by atoms with Crippen LogP contribution in [0.1, 0.15) is 75.5 Å². The first-order chi connectivity index (χ1) is 14.0. The minimum absolute atomic E-state index is 0.0240. The fraction of sp³-hybridized carbons (Fsp3) is 0.321. The van der Waals surface area contributed by atoms with Gasteiger partial charge >= 0.3 is 0 Å². The van der Waals surface area contributed by atoms with Gasteiger partial charge in [-0.2, -0.15) is 0 Å². The predicted molar refractivity (Wildman–Crippen MR) is 127 cm³/mol. The molecule has 2 nitrogen and oxygen atoms in total. The summed E-state index contributed by atoms with van der Waals surface area (Å²) < 4.78 is 5.87. The summed E-state index contributed by atoms with van der Waals surface area (Å²) in [5.74, 6) is 1.41. The van der Waals surface area contributed by atoms with E-state index in [1.54, 1.807) is 12.2 Å². The van der Waals surface area contributed by atoms with Crippen LogP contribution in [0.25, 0.3) is 0 Å². The van der Waals surface area contributed by atoms with Crippen molar-refractivity contribution in [1.29, 1.82) is 0 Å². The smallest absolute Gasteiger partial charge is 0.193 e. The highest BCUT2D eigenvalue weighted by Crippen LogP contribution is 2.32. The number of benzene rings is 2. The first-order valence-corrected chi connectivity index (χ1v) is 10.4. The van der Waals surface area contributed by atoms with Gasteiger partial charge in [-0.05, 0) is 71.4 Å². The van der Waals surface area contributed by atoms with Crippen LogP contribution in [0.4, 0.5) is 0 Å². The molecular formula is C28H34O2. The highest BCUT2D eigenvalue weighted by atomic mass is 16.5. The molecule has 0 aliphatic rings. The van der Waals surface area contributed by atoms with E-state index < -0.39 is 0 Å². The van der Waals surface area contributed by atoms with Crippen LogP contribution in [0.5, 0.6) is 5.75 Å². The molecule has 0 saturated heterocycles. The van der Waals surface area contributed by atoms with Gasteiger partial charge in [0.2, 0.25) is 0 Å². The Bertz CT molecular complexity index is 959. The van der Waals surface area contributed by atoms with Crippen molar-refractivity contribution < 1.29 is 9.53 Å². The van der Waals surface area contributed by atoms with E-state index in [9.17, 15) is 4.79 Å². The fourth-order valence-electron chi connectivity index (χ4n) is 3.22. The largest absolute Gasteiger partial charge is 0.457 e. The lowest BCUT2D eigenvalue weighted by Gasteiger charge is -2.26.